The summed E-state index contributed by atoms with van der Waals surface area (Å²) in [4.78, 5) is 27.2. The summed E-state index contributed by atoms with van der Waals surface area (Å²) in [7, 11) is 0. The Morgan fingerprint density at radius 1 is 1.03 bits per heavy atom. The number of benzene rings is 3. The number of nitrogens with one attached hydrogen (secondary N) is 1. The number of rotatable bonds is 5. The quantitative estimate of drug-likeness (QED) is 0.470. The Bertz CT molecular complexity index is 1150. The van der Waals surface area contributed by atoms with Crippen LogP contribution in [0.2, 0.25) is 0 Å². The van der Waals surface area contributed by atoms with Crippen LogP contribution in [0, 0.1) is 0 Å². The number of aryl methyl sites for hydroxylation is 1. The van der Waals surface area contributed by atoms with Gasteiger partial charge in [0.1, 0.15) is 5.37 Å². The van der Waals surface area contributed by atoms with E-state index >= 15 is 0 Å². The fourth-order valence-corrected chi connectivity index (χ4v) is 5.11. The molecule has 0 bridgehead atoms. The van der Waals surface area contributed by atoms with Gasteiger partial charge >= 0.3 is 0 Å². The van der Waals surface area contributed by atoms with E-state index in [9.17, 15) is 9.59 Å². The van der Waals surface area contributed by atoms with E-state index in [0.717, 1.165) is 23.4 Å². The maximum absolute atomic E-state index is 12.7. The summed E-state index contributed by atoms with van der Waals surface area (Å²) in [6.07, 6.45) is 0.932. The van der Waals surface area contributed by atoms with Gasteiger partial charge in [0.25, 0.3) is 5.91 Å². The molecule has 0 radical (unpaired) electrons. The van der Waals surface area contributed by atoms with E-state index < -0.39 is 0 Å². The number of hydrogen-bond acceptors (Lipinski definition) is 3. The molecule has 3 aromatic rings. The zero-order chi connectivity index (χ0) is 23.6. The molecule has 0 spiro atoms. The Kier molecular flexibility index (Phi) is 6.61. The SMILES string of the molecule is CCc1cccc(N2C(=O)CS[C@H]2c2ccc(NC(=O)c3ccc(C(C)(C)C)cc3)cc2)c1. The van der Waals surface area contributed by atoms with Crippen molar-refractivity contribution >= 4 is 35.0 Å². The van der Waals surface area contributed by atoms with Crippen LogP contribution in [0.3, 0.4) is 0 Å². The molecule has 0 unspecified atom stereocenters. The van der Waals surface area contributed by atoms with Gasteiger partial charge in [-0.1, -0.05) is 64.1 Å². The van der Waals surface area contributed by atoms with Gasteiger partial charge in [-0.25, -0.2) is 0 Å². The Morgan fingerprint density at radius 2 is 1.73 bits per heavy atom. The topological polar surface area (TPSA) is 49.4 Å². The average molecular weight is 459 g/mol. The summed E-state index contributed by atoms with van der Waals surface area (Å²) in [5, 5.41) is 2.90. The Hall–Kier alpha value is -3.05. The molecule has 1 atom stereocenters. The molecule has 2 amide bonds. The summed E-state index contributed by atoms with van der Waals surface area (Å²) in [5.41, 5.74) is 5.80. The normalized spacial score (nSPS) is 16.2. The van der Waals surface area contributed by atoms with Gasteiger partial charge in [0.2, 0.25) is 5.91 Å². The number of nitrogens with zero attached hydrogens (tertiary/aromatic N) is 1. The van der Waals surface area contributed by atoms with E-state index in [1.165, 1.54) is 11.1 Å². The molecule has 170 valence electrons. The second-order valence-electron chi connectivity index (χ2n) is 9.35. The Balaban J connectivity index is 1.48. The Labute approximate surface area is 200 Å². The van der Waals surface area contributed by atoms with E-state index in [0.29, 0.717) is 11.3 Å². The average Bonchev–Trinajstić information content (AvgIpc) is 3.20. The van der Waals surface area contributed by atoms with E-state index in [2.05, 4.69) is 45.1 Å². The van der Waals surface area contributed by atoms with Crippen LogP contribution in [0.5, 0.6) is 0 Å². The number of carbonyl (C=O) groups is 2. The van der Waals surface area contributed by atoms with E-state index in [1.54, 1.807) is 11.8 Å². The van der Waals surface area contributed by atoms with Crippen molar-refractivity contribution in [1.29, 1.82) is 0 Å². The molecule has 33 heavy (non-hydrogen) atoms. The first-order chi connectivity index (χ1) is 15.8. The minimum atomic E-state index is -0.133. The number of thioether (sulfide) groups is 1. The van der Waals surface area contributed by atoms with Crippen molar-refractivity contribution in [3.63, 3.8) is 0 Å². The molecule has 1 aliphatic heterocycles. The lowest BCUT2D eigenvalue weighted by molar-refractivity contribution is -0.115. The monoisotopic (exact) mass is 458 g/mol. The highest BCUT2D eigenvalue weighted by molar-refractivity contribution is 8.00. The van der Waals surface area contributed by atoms with Crippen molar-refractivity contribution in [2.75, 3.05) is 16.0 Å². The molecular weight excluding hydrogens is 428 g/mol. The summed E-state index contributed by atoms with van der Waals surface area (Å²) in [6.45, 7) is 8.58. The summed E-state index contributed by atoms with van der Waals surface area (Å²) in [6, 6.07) is 23.7. The molecule has 0 aliphatic carbocycles. The first-order valence-corrected chi connectivity index (χ1v) is 12.4. The molecule has 0 aromatic heterocycles. The second kappa shape index (κ2) is 9.44. The van der Waals surface area contributed by atoms with Gasteiger partial charge in [0.05, 0.1) is 5.75 Å². The largest absolute Gasteiger partial charge is 0.322 e. The molecule has 3 aromatic carbocycles. The number of hydrogen-bond donors (Lipinski definition) is 1. The lowest BCUT2D eigenvalue weighted by atomic mass is 9.87. The van der Waals surface area contributed by atoms with Crippen LogP contribution in [-0.2, 0) is 16.6 Å². The zero-order valence-corrected chi connectivity index (χ0v) is 20.4. The zero-order valence-electron chi connectivity index (χ0n) is 19.6. The molecule has 0 saturated carbocycles. The highest BCUT2D eigenvalue weighted by Gasteiger charge is 2.34. The lowest BCUT2D eigenvalue weighted by Crippen LogP contribution is -2.27. The van der Waals surface area contributed by atoms with Gasteiger partial charge in [-0.3, -0.25) is 14.5 Å². The van der Waals surface area contributed by atoms with Gasteiger partial charge in [-0.05, 0) is 64.9 Å². The van der Waals surface area contributed by atoms with Gasteiger partial charge < -0.3 is 5.32 Å². The summed E-state index contributed by atoms with van der Waals surface area (Å²) >= 11 is 1.63. The van der Waals surface area contributed by atoms with E-state index in [1.807, 2.05) is 65.6 Å². The number of carbonyl (C=O) groups excluding carboxylic acids is 2. The maximum atomic E-state index is 12.7. The number of amides is 2. The molecule has 1 saturated heterocycles. The smallest absolute Gasteiger partial charge is 0.255 e. The van der Waals surface area contributed by atoms with Crippen molar-refractivity contribution in [2.45, 2.75) is 44.9 Å². The van der Waals surface area contributed by atoms with E-state index in [4.69, 9.17) is 0 Å². The third kappa shape index (κ3) is 5.14. The highest BCUT2D eigenvalue weighted by Crippen LogP contribution is 2.42. The van der Waals surface area contributed by atoms with Gasteiger partial charge in [0.15, 0.2) is 0 Å². The fourth-order valence-electron chi connectivity index (χ4n) is 3.93. The van der Waals surface area contributed by atoms with Crippen molar-refractivity contribution in [1.82, 2.24) is 0 Å². The molecule has 1 fully saturated rings. The van der Waals surface area contributed by atoms with Crippen LogP contribution in [0.4, 0.5) is 11.4 Å². The second-order valence-corrected chi connectivity index (χ2v) is 10.4. The van der Waals surface area contributed by atoms with Crippen molar-refractivity contribution < 1.29 is 9.59 Å². The van der Waals surface area contributed by atoms with Gasteiger partial charge in [0, 0.05) is 16.9 Å². The van der Waals surface area contributed by atoms with Crippen LogP contribution >= 0.6 is 11.8 Å². The predicted octanol–water partition coefficient (Wildman–Crippen LogP) is 6.58. The third-order valence-electron chi connectivity index (χ3n) is 5.93. The standard InChI is InChI=1S/C28H30N2O2S/c1-5-19-7-6-8-24(17-19)30-25(31)18-33-27(30)21-11-15-23(16-12-21)29-26(32)20-9-13-22(14-10-20)28(2,3)4/h6-17,27H,5,18H2,1-4H3,(H,29,32)/t27-/m0/s1. The minimum absolute atomic E-state index is 0.0518. The summed E-state index contributed by atoms with van der Waals surface area (Å²) in [5.74, 6) is 0.449. The molecule has 4 nitrogen and oxygen atoms in total. The molecular formula is C28H30N2O2S. The predicted molar refractivity (Wildman–Crippen MR) is 138 cm³/mol. The Morgan fingerprint density at radius 3 is 2.36 bits per heavy atom. The van der Waals surface area contributed by atoms with Crippen molar-refractivity contribution in [2.24, 2.45) is 0 Å². The van der Waals surface area contributed by atoms with Crippen LogP contribution in [0.15, 0.2) is 72.8 Å². The third-order valence-corrected chi connectivity index (χ3v) is 7.14. The van der Waals surface area contributed by atoms with Crippen molar-refractivity contribution in [3.05, 3.63) is 95.1 Å². The molecule has 1 heterocycles. The van der Waals surface area contributed by atoms with Crippen LogP contribution < -0.4 is 10.2 Å². The fraction of sp³-hybridized carbons (Fsp3) is 0.286. The van der Waals surface area contributed by atoms with E-state index in [-0.39, 0.29) is 22.6 Å². The van der Waals surface area contributed by atoms with Gasteiger partial charge in [-0.2, -0.15) is 0 Å². The maximum Gasteiger partial charge on any atom is 0.255 e. The van der Waals surface area contributed by atoms with Gasteiger partial charge in [-0.15, -0.1) is 11.8 Å². The lowest BCUT2D eigenvalue weighted by Gasteiger charge is -2.25. The molecule has 5 heteroatoms. The van der Waals surface area contributed by atoms with Crippen molar-refractivity contribution in [3.8, 4) is 0 Å². The minimum Gasteiger partial charge on any atom is -0.322 e. The summed E-state index contributed by atoms with van der Waals surface area (Å²) < 4.78 is 0. The molecule has 1 aliphatic rings. The van der Waals surface area contributed by atoms with Crippen LogP contribution in [0.25, 0.3) is 0 Å². The first-order valence-electron chi connectivity index (χ1n) is 11.3. The molecule has 4 rings (SSSR count). The van der Waals surface area contributed by atoms with Crippen LogP contribution in [-0.4, -0.2) is 17.6 Å². The molecule has 1 N–H and O–H groups in total. The highest BCUT2D eigenvalue weighted by atomic mass is 32.2. The first kappa shape index (κ1) is 23.1. The van der Waals surface area contributed by atoms with Crippen LogP contribution in [0.1, 0.15) is 60.1 Å². The number of anilines is 2.